The third-order valence-corrected chi connectivity index (χ3v) is 4.41. The summed E-state index contributed by atoms with van der Waals surface area (Å²) in [5.74, 6) is 0.913. The molecule has 1 aliphatic rings. The van der Waals surface area contributed by atoms with E-state index < -0.39 is 0 Å². The van der Waals surface area contributed by atoms with Gasteiger partial charge in [-0.05, 0) is 58.0 Å². The minimum Gasteiger partial charge on any atom is -0.325 e. The fourth-order valence-electron chi connectivity index (χ4n) is 3.22. The molecule has 20 heavy (non-hydrogen) atoms. The molecule has 108 valence electrons. The van der Waals surface area contributed by atoms with Gasteiger partial charge < -0.3 is 9.88 Å². The molecule has 1 saturated heterocycles. The molecular weight excluding hydrogens is 253 g/mol. The first-order valence-corrected chi connectivity index (χ1v) is 7.40. The van der Waals surface area contributed by atoms with E-state index in [0.29, 0.717) is 0 Å². The first-order valence-electron chi connectivity index (χ1n) is 7.40. The number of nitrogens with zero attached hydrogens (tertiary/aromatic N) is 2. The fraction of sp³-hybridized carbons (Fsp3) is 0.562. The number of hydrogen-bond acceptors (Lipinski definition) is 2. The van der Waals surface area contributed by atoms with E-state index in [1.807, 2.05) is 0 Å². The van der Waals surface area contributed by atoms with Crippen molar-refractivity contribution in [1.29, 1.82) is 0 Å². The Morgan fingerprint density at radius 1 is 1.30 bits per heavy atom. The molecule has 0 saturated carbocycles. The Balaban J connectivity index is 2.21. The Bertz CT molecular complexity index is 624. The average Bonchev–Trinajstić information content (AvgIpc) is 2.79. The van der Waals surface area contributed by atoms with Gasteiger partial charge in [-0.25, -0.2) is 9.37 Å². The van der Waals surface area contributed by atoms with E-state index in [4.69, 9.17) is 4.98 Å². The van der Waals surface area contributed by atoms with Crippen LogP contribution in [0.4, 0.5) is 4.39 Å². The van der Waals surface area contributed by atoms with Crippen molar-refractivity contribution in [3.05, 3.63) is 29.8 Å². The van der Waals surface area contributed by atoms with Crippen molar-refractivity contribution in [2.45, 2.75) is 45.1 Å². The zero-order chi connectivity index (χ0) is 14.3. The second kappa shape index (κ2) is 4.85. The van der Waals surface area contributed by atoms with Gasteiger partial charge in [0.05, 0.1) is 11.0 Å². The average molecular weight is 275 g/mol. The van der Waals surface area contributed by atoms with Crippen molar-refractivity contribution in [3.63, 3.8) is 0 Å². The van der Waals surface area contributed by atoms with Crippen LogP contribution in [0.15, 0.2) is 18.2 Å². The van der Waals surface area contributed by atoms with Crippen LogP contribution in [0.2, 0.25) is 0 Å². The second-order valence-electron chi connectivity index (χ2n) is 6.34. The van der Waals surface area contributed by atoms with E-state index in [-0.39, 0.29) is 17.3 Å². The second-order valence-corrected chi connectivity index (χ2v) is 6.34. The van der Waals surface area contributed by atoms with Crippen molar-refractivity contribution in [1.82, 2.24) is 14.9 Å². The molecule has 0 aliphatic carbocycles. The van der Waals surface area contributed by atoms with Gasteiger partial charge in [-0.2, -0.15) is 0 Å². The number of piperidine rings is 1. The first kappa shape index (κ1) is 13.6. The summed E-state index contributed by atoms with van der Waals surface area (Å²) in [6.45, 7) is 8.60. The standard InChI is InChI=1S/C16H22FN3/c1-11(2)20-14-10-12(17)4-5-13(14)19-15(20)16(3)6-8-18-9-7-16/h4-5,10-11,18H,6-9H2,1-3H3. The summed E-state index contributed by atoms with van der Waals surface area (Å²) in [7, 11) is 0. The van der Waals surface area contributed by atoms with Gasteiger partial charge in [0.15, 0.2) is 0 Å². The van der Waals surface area contributed by atoms with Gasteiger partial charge in [0.25, 0.3) is 0 Å². The summed E-state index contributed by atoms with van der Waals surface area (Å²) in [4.78, 5) is 4.84. The van der Waals surface area contributed by atoms with Crippen LogP contribution in [0.25, 0.3) is 11.0 Å². The molecule has 1 fully saturated rings. The fourth-order valence-corrected chi connectivity index (χ4v) is 3.22. The predicted octanol–water partition coefficient (Wildman–Crippen LogP) is 3.40. The van der Waals surface area contributed by atoms with E-state index in [1.54, 1.807) is 12.1 Å². The number of imidazole rings is 1. The van der Waals surface area contributed by atoms with Gasteiger partial charge in [0.1, 0.15) is 11.6 Å². The number of aromatic nitrogens is 2. The minimum absolute atomic E-state index is 0.0744. The quantitative estimate of drug-likeness (QED) is 0.910. The lowest BCUT2D eigenvalue weighted by Crippen LogP contribution is -2.39. The largest absolute Gasteiger partial charge is 0.325 e. The van der Waals surface area contributed by atoms with Gasteiger partial charge >= 0.3 is 0 Å². The number of nitrogens with one attached hydrogen (secondary N) is 1. The Labute approximate surface area is 119 Å². The molecule has 1 aromatic heterocycles. The van der Waals surface area contributed by atoms with Crippen LogP contribution in [0.1, 0.15) is 45.5 Å². The van der Waals surface area contributed by atoms with Crippen molar-refractivity contribution in [2.24, 2.45) is 0 Å². The molecule has 4 heteroatoms. The van der Waals surface area contributed by atoms with Gasteiger partial charge in [-0.3, -0.25) is 0 Å². The number of halogens is 1. The van der Waals surface area contributed by atoms with Gasteiger partial charge in [-0.15, -0.1) is 0 Å². The van der Waals surface area contributed by atoms with E-state index in [2.05, 4.69) is 30.7 Å². The summed E-state index contributed by atoms with van der Waals surface area (Å²) in [5.41, 5.74) is 1.88. The smallest absolute Gasteiger partial charge is 0.125 e. The Hall–Kier alpha value is -1.42. The van der Waals surface area contributed by atoms with Crippen LogP contribution in [0, 0.1) is 5.82 Å². The molecule has 0 spiro atoms. The summed E-state index contributed by atoms with van der Waals surface area (Å²) >= 11 is 0. The van der Waals surface area contributed by atoms with Crippen molar-refractivity contribution < 1.29 is 4.39 Å². The molecule has 0 atom stereocenters. The molecule has 0 radical (unpaired) electrons. The van der Waals surface area contributed by atoms with Gasteiger partial charge in [0.2, 0.25) is 0 Å². The van der Waals surface area contributed by atoms with E-state index >= 15 is 0 Å². The van der Waals surface area contributed by atoms with E-state index in [0.717, 1.165) is 42.8 Å². The molecule has 1 aliphatic heterocycles. The monoisotopic (exact) mass is 275 g/mol. The summed E-state index contributed by atoms with van der Waals surface area (Å²) in [5, 5.41) is 3.40. The zero-order valence-electron chi connectivity index (χ0n) is 12.4. The van der Waals surface area contributed by atoms with Crippen LogP contribution in [-0.4, -0.2) is 22.6 Å². The maximum Gasteiger partial charge on any atom is 0.125 e. The molecule has 2 aromatic rings. The normalized spacial score (nSPS) is 18.9. The highest BCUT2D eigenvalue weighted by molar-refractivity contribution is 5.76. The minimum atomic E-state index is -0.193. The van der Waals surface area contributed by atoms with E-state index in [9.17, 15) is 4.39 Å². The zero-order valence-corrected chi connectivity index (χ0v) is 12.4. The lowest BCUT2D eigenvalue weighted by molar-refractivity contribution is 0.305. The highest BCUT2D eigenvalue weighted by atomic mass is 19.1. The molecule has 0 amide bonds. The lowest BCUT2D eigenvalue weighted by Gasteiger charge is -2.34. The molecular formula is C16H22FN3. The maximum atomic E-state index is 13.6. The Morgan fingerprint density at radius 2 is 2.00 bits per heavy atom. The highest BCUT2D eigenvalue weighted by Gasteiger charge is 2.34. The third-order valence-electron chi connectivity index (χ3n) is 4.41. The summed E-state index contributed by atoms with van der Waals surface area (Å²) in [6, 6.07) is 5.17. The van der Waals surface area contributed by atoms with Crippen molar-refractivity contribution in [2.75, 3.05) is 13.1 Å². The highest BCUT2D eigenvalue weighted by Crippen LogP contribution is 2.36. The lowest BCUT2D eigenvalue weighted by atomic mass is 9.80. The molecule has 3 nitrogen and oxygen atoms in total. The van der Waals surface area contributed by atoms with Crippen molar-refractivity contribution >= 4 is 11.0 Å². The molecule has 0 unspecified atom stereocenters. The van der Waals surface area contributed by atoms with Crippen molar-refractivity contribution in [3.8, 4) is 0 Å². The third kappa shape index (κ3) is 2.12. The summed E-state index contributed by atoms with van der Waals surface area (Å²) < 4.78 is 15.8. The Morgan fingerprint density at radius 3 is 2.65 bits per heavy atom. The molecule has 3 rings (SSSR count). The molecule has 1 N–H and O–H groups in total. The Kier molecular flexibility index (Phi) is 3.28. The maximum absolute atomic E-state index is 13.6. The number of hydrogen-bond donors (Lipinski definition) is 1. The van der Waals surface area contributed by atoms with Crippen LogP contribution in [0.5, 0.6) is 0 Å². The van der Waals surface area contributed by atoms with Crippen LogP contribution < -0.4 is 5.32 Å². The number of fused-ring (bicyclic) bond motifs is 1. The first-order chi connectivity index (χ1) is 9.51. The van der Waals surface area contributed by atoms with E-state index in [1.165, 1.54) is 6.07 Å². The van der Waals surface area contributed by atoms with Crippen LogP contribution in [0.3, 0.4) is 0 Å². The SMILES string of the molecule is CC(C)n1c(C2(C)CCNCC2)nc2ccc(F)cc21. The van der Waals surface area contributed by atoms with Crippen LogP contribution in [-0.2, 0) is 5.41 Å². The molecule has 1 aromatic carbocycles. The van der Waals surface area contributed by atoms with Crippen LogP contribution >= 0.6 is 0 Å². The molecule has 0 bridgehead atoms. The summed E-state index contributed by atoms with van der Waals surface area (Å²) in [6.07, 6.45) is 2.15. The molecule has 2 heterocycles. The number of benzene rings is 1. The topological polar surface area (TPSA) is 29.9 Å². The van der Waals surface area contributed by atoms with Gasteiger partial charge in [0, 0.05) is 11.5 Å². The number of rotatable bonds is 2. The van der Waals surface area contributed by atoms with Gasteiger partial charge in [-0.1, -0.05) is 6.92 Å². The predicted molar refractivity (Wildman–Crippen MR) is 79.5 cm³/mol.